The molecule has 1 heterocycles. The van der Waals surface area contributed by atoms with Crippen molar-refractivity contribution < 1.29 is 4.79 Å². The normalized spacial score (nSPS) is 18.4. The van der Waals surface area contributed by atoms with Crippen molar-refractivity contribution in [3.63, 3.8) is 0 Å². The number of hydrogen-bond acceptors (Lipinski definition) is 2. The van der Waals surface area contributed by atoms with Gasteiger partial charge in [0.1, 0.15) is 0 Å². The Morgan fingerprint density at radius 1 is 1.33 bits per heavy atom. The molecule has 6 heteroatoms. The third-order valence-electron chi connectivity index (χ3n) is 4.38. The summed E-state index contributed by atoms with van der Waals surface area (Å²) >= 11 is 6.15. The van der Waals surface area contributed by atoms with Crippen LogP contribution in [-0.2, 0) is 11.3 Å². The fraction of sp³-hybridized carbons (Fsp3) is 0.556. The topological polar surface area (TPSA) is 56.7 Å². The third-order valence-corrected chi connectivity index (χ3v) is 4.75. The molecule has 0 saturated carbocycles. The predicted molar refractivity (Wildman–Crippen MR) is 99.3 cm³/mol. The zero-order chi connectivity index (χ0) is 17.4. The average molecular weight is 351 g/mol. The minimum absolute atomic E-state index is 0.219. The van der Waals surface area contributed by atoms with Crippen LogP contribution >= 0.6 is 11.6 Å². The first-order valence-electron chi connectivity index (χ1n) is 8.59. The summed E-state index contributed by atoms with van der Waals surface area (Å²) in [5.41, 5.74) is 1.01. The fourth-order valence-corrected chi connectivity index (χ4v) is 3.14. The molecule has 1 aliphatic heterocycles. The van der Waals surface area contributed by atoms with Crippen LogP contribution in [-0.4, -0.2) is 42.9 Å². The van der Waals surface area contributed by atoms with Crippen LogP contribution in [0.4, 0.5) is 0 Å². The standard InChI is InChI=1S/C18H27ClN4O/c1-14-7-5-6-12-23(14)17(24)10-11-21-18(20-2)22-13-15-8-3-4-9-16(15)19/h3-4,8-9,14H,5-7,10-13H2,1-2H3,(H2,20,21,22). The number of nitrogens with zero attached hydrogens (tertiary/aromatic N) is 2. The molecule has 1 aromatic rings. The van der Waals surface area contributed by atoms with E-state index in [1.54, 1.807) is 7.05 Å². The second-order valence-corrected chi connectivity index (χ2v) is 6.53. The predicted octanol–water partition coefficient (Wildman–Crippen LogP) is 2.80. The highest BCUT2D eigenvalue weighted by molar-refractivity contribution is 6.31. The monoisotopic (exact) mass is 350 g/mol. The van der Waals surface area contributed by atoms with Crippen LogP contribution in [0.5, 0.6) is 0 Å². The van der Waals surface area contributed by atoms with Crippen molar-refractivity contribution in [1.29, 1.82) is 0 Å². The van der Waals surface area contributed by atoms with E-state index in [2.05, 4.69) is 22.5 Å². The summed E-state index contributed by atoms with van der Waals surface area (Å²) in [6, 6.07) is 8.07. The zero-order valence-corrected chi connectivity index (χ0v) is 15.3. The van der Waals surface area contributed by atoms with E-state index < -0.39 is 0 Å². The Hall–Kier alpha value is -1.75. The molecule has 1 saturated heterocycles. The summed E-state index contributed by atoms with van der Waals surface area (Å²) in [5.74, 6) is 0.894. The van der Waals surface area contributed by atoms with Crippen LogP contribution in [0.1, 0.15) is 38.2 Å². The third kappa shape index (κ3) is 5.41. The van der Waals surface area contributed by atoms with E-state index in [0.717, 1.165) is 30.0 Å². The van der Waals surface area contributed by atoms with E-state index in [9.17, 15) is 4.79 Å². The maximum Gasteiger partial charge on any atom is 0.224 e. The largest absolute Gasteiger partial charge is 0.356 e. The molecule has 24 heavy (non-hydrogen) atoms. The molecule has 0 aliphatic carbocycles. The van der Waals surface area contributed by atoms with Gasteiger partial charge in [-0.25, -0.2) is 0 Å². The Morgan fingerprint density at radius 2 is 2.12 bits per heavy atom. The highest BCUT2D eigenvalue weighted by atomic mass is 35.5. The first-order valence-corrected chi connectivity index (χ1v) is 8.97. The van der Waals surface area contributed by atoms with E-state index >= 15 is 0 Å². The van der Waals surface area contributed by atoms with Crippen LogP contribution in [0.25, 0.3) is 0 Å². The molecule has 0 bridgehead atoms. The van der Waals surface area contributed by atoms with Gasteiger partial charge in [-0.05, 0) is 37.8 Å². The summed E-state index contributed by atoms with van der Waals surface area (Å²) < 4.78 is 0. The Balaban J connectivity index is 1.73. The summed E-state index contributed by atoms with van der Waals surface area (Å²) in [6.07, 6.45) is 3.93. The van der Waals surface area contributed by atoms with Gasteiger partial charge in [0.25, 0.3) is 0 Å². The van der Waals surface area contributed by atoms with Crippen molar-refractivity contribution in [1.82, 2.24) is 15.5 Å². The van der Waals surface area contributed by atoms with Crippen molar-refractivity contribution >= 4 is 23.5 Å². The number of carbonyl (C=O) groups excluding carboxylic acids is 1. The number of nitrogens with one attached hydrogen (secondary N) is 2. The highest BCUT2D eigenvalue weighted by Gasteiger charge is 2.22. The number of benzene rings is 1. The van der Waals surface area contributed by atoms with Gasteiger partial charge >= 0.3 is 0 Å². The molecule has 1 fully saturated rings. The molecule has 0 radical (unpaired) electrons. The summed E-state index contributed by atoms with van der Waals surface area (Å²) in [6.45, 7) is 4.19. The van der Waals surface area contributed by atoms with Gasteiger partial charge in [0.05, 0.1) is 0 Å². The first-order chi connectivity index (χ1) is 11.6. The van der Waals surface area contributed by atoms with Gasteiger partial charge in [0.15, 0.2) is 5.96 Å². The van der Waals surface area contributed by atoms with Crippen molar-refractivity contribution in [2.24, 2.45) is 4.99 Å². The maximum atomic E-state index is 12.3. The fourth-order valence-electron chi connectivity index (χ4n) is 2.94. The van der Waals surface area contributed by atoms with Crippen LogP contribution in [0, 0.1) is 0 Å². The Labute approximate surface area is 149 Å². The van der Waals surface area contributed by atoms with Crippen molar-refractivity contribution in [3.8, 4) is 0 Å². The Bertz CT molecular complexity index is 576. The number of hydrogen-bond donors (Lipinski definition) is 2. The van der Waals surface area contributed by atoms with Gasteiger partial charge in [-0.2, -0.15) is 0 Å². The number of amides is 1. The van der Waals surface area contributed by atoms with Gasteiger partial charge in [-0.1, -0.05) is 29.8 Å². The molecule has 1 aliphatic rings. The smallest absolute Gasteiger partial charge is 0.224 e. The molecule has 1 aromatic carbocycles. The Kier molecular flexibility index (Phi) is 7.37. The van der Waals surface area contributed by atoms with Crippen LogP contribution in [0.3, 0.4) is 0 Å². The number of guanidine groups is 1. The van der Waals surface area contributed by atoms with Crippen LogP contribution in [0.15, 0.2) is 29.3 Å². The number of piperidine rings is 1. The molecular formula is C18H27ClN4O. The molecule has 5 nitrogen and oxygen atoms in total. The number of carbonyl (C=O) groups is 1. The number of aliphatic imine (C=N–C) groups is 1. The molecule has 2 N–H and O–H groups in total. The molecule has 132 valence electrons. The molecule has 0 aromatic heterocycles. The average Bonchev–Trinajstić information content (AvgIpc) is 2.59. The maximum absolute atomic E-state index is 12.3. The van der Waals surface area contributed by atoms with Crippen LogP contribution in [0.2, 0.25) is 5.02 Å². The van der Waals surface area contributed by atoms with Gasteiger partial charge in [-0.3, -0.25) is 9.79 Å². The van der Waals surface area contributed by atoms with E-state index in [-0.39, 0.29) is 5.91 Å². The van der Waals surface area contributed by atoms with Crippen molar-refractivity contribution in [2.75, 3.05) is 20.1 Å². The van der Waals surface area contributed by atoms with Crippen molar-refractivity contribution in [3.05, 3.63) is 34.9 Å². The van der Waals surface area contributed by atoms with E-state index in [4.69, 9.17) is 11.6 Å². The molecule has 1 atom stereocenters. The van der Waals surface area contributed by atoms with E-state index in [0.29, 0.717) is 31.5 Å². The molecule has 1 unspecified atom stereocenters. The van der Waals surface area contributed by atoms with E-state index in [1.807, 2.05) is 29.2 Å². The quantitative estimate of drug-likeness (QED) is 0.634. The van der Waals surface area contributed by atoms with E-state index in [1.165, 1.54) is 6.42 Å². The SMILES string of the molecule is CN=C(NCCC(=O)N1CCCCC1C)NCc1ccccc1Cl. The lowest BCUT2D eigenvalue weighted by Crippen LogP contribution is -2.44. The van der Waals surface area contributed by atoms with Gasteiger partial charge in [-0.15, -0.1) is 0 Å². The number of likely N-dealkylation sites (tertiary alicyclic amines) is 1. The first kappa shape index (κ1) is 18.6. The summed E-state index contributed by atoms with van der Waals surface area (Å²) in [5, 5.41) is 7.14. The second kappa shape index (κ2) is 9.52. The minimum atomic E-state index is 0.219. The lowest BCUT2D eigenvalue weighted by molar-refractivity contribution is -0.134. The van der Waals surface area contributed by atoms with Gasteiger partial charge < -0.3 is 15.5 Å². The minimum Gasteiger partial charge on any atom is -0.356 e. The van der Waals surface area contributed by atoms with Crippen molar-refractivity contribution in [2.45, 2.75) is 45.2 Å². The zero-order valence-electron chi connectivity index (χ0n) is 14.5. The summed E-state index contributed by atoms with van der Waals surface area (Å²) in [4.78, 5) is 18.5. The molecule has 2 rings (SSSR count). The Morgan fingerprint density at radius 3 is 2.83 bits per heavy atom. The lowest BCUT2D eigenvalue weighted by atomic mass is 10.0. The number of halogens is 1. The molecular weight excluding hydrogens is 324 g/mol. The lowest BCUT2D eigenvalue weighted by Gasteiger charge is -2.33. The van der Waals surface area contributed by atoms with Gasteiger partial charge in [0.2, 0.25) is 5.91 Å². The molecule has 1 amide bonds. The number of rotatable bonds is 5. The second-order valence-electron chi connectivity index (χ2n) is 6.13. The van der Waals surface area contributed by atoms with Gasteiger partial charge in [0, 0.05) is 44.2 Å². The van der Waals surface area contributed by atoms with Crippen LogP contribution < -0.4 is 10.6 Å². The summed E-state index contributed by atoms with van der Waals surface area (Å²) in [7, 11) is 1.72. The molecule has 0 spiro atoms. The highest BCUT2D eigenvalue weighted by Crippen LogP contribution is 2.17.